The maximum atomic E-state index is 13.1. The summed E-state index contributed by atoms with van der Waals surface area (Å²) in [6, 6.07) is 15.7. The number of fused-ring (bicyclic) bond motifs is 1. The minimum atomic E-state index is -0.0811. The number of piperidine rings is 1. The van der Waals surface area contributed by atoms with Gasteiger partial charge in [-0.1, -0.05) is 30.3 Å². The van der Waals surface area contributed by atoms with Gasteiger partial charge in [0.25, 0.3) is 11.8 Å². The lowest BCUT2D eigenvalue weighted by Crippen LogP contribution is -2.39. The molecule has 0 aliphatic carbocycles. The number of hydrogen-bond donors (Lipinski definition) is 1. The standard InChI is InChI=1S/C25H30N4O3/c1-28-22-6-4-3-5-21(22)23(27-28)25(31)29-14-11-19(12-15-29)17-18-7-9-20(10-8-18)24(30)26-13-16-32-2/h3-10,19H,11-17H2,1-2H3,(H,26,30). The van der Waals surface area contributed by atoms with E-state index in [0.29, 0.717) is 30.3 Å². The van der Waals surface area contributed by atoms with E-state index in [1.165, 1.54) is 5.56 Å². The van der Waals surface area contributed by atoms with Crippen LogP contribution in [0.4, 0.5) is 0 Å². The van der Waals surface area contributed by atoms with E-state index in [1.807, 2.05) is 60.5 Å². The third kappa shape index (κ3) is 4.83. The molecule has 0 spiro atoms. The Labute approximate surface area is 188 Å². The van der Waals surface area contributed by atoms with E-state index >= 15 is 0 Å². The summed E-state index contributed by atoms with van der Waals surface area (Å²) >= 11 is 0. The smallest absolute Gasteiger partial charge is 0.275 e. The number of benzene rings is 2. The average molecular weight is 435 g/mol. The molecule has 3 aromatic rings. The number of nitrogens with zero attached hydrogens (tertiary/aromatic N) is 3. The van der Waals surface area contributed by atoms with Crippen LogP contribution in [0.3, 0.4) is 0 Å². The van der Waals surface area contributed by atoms with Crippen molar-refractivity contribution < 1.29 is 14.3 Å². The molecule has 2 heterocycles. The number of para-hydroxylation sites is 1. The lowest BCUT2D eigenvalue weighted by atomic mass is 9.89. The monoisotopic (exact) mass is 434 g/mol. The number of carbonyl (C=O) groups is 2. The van der Waals surface area contributed by atoms with Crippen LogP contribution in [0, 0.1) is 5.92 Å². The molecule has 2 aromatic carbocycles. The van der Waals surface area contributed by atoms with Gasteiger partial charge in [0.2, 0.25) is 0 Å². The second kappa shape index (κ2) is 9.96. The lowest BCUT2D eigenvalue weighted by molar-refractivity contribution is 0.0685. The summed E-state index contributed by atoms with van der Waals surface area (Å²) in [6.07, 6.45) is 2.89. The molecular weight excluding hydrogens is 404 g/mol. The van der Waals surface area contributed by atoms with E-state index in [-0.39, 0.29) is 11.8 Å². The van der Waals surface area contributed by atoms with Crippen molar-refractivity contribution in [3.8, 4) is 0 Å². The van der Waals surface area contributed by atoms with Crippen molar-refractivity contribution >= 4 is 22.7 Å². The first-order chi connectivity index (χ1) is 15.6. The van der Waals surface area contributed by atoms with Crippen molar-refractivity contribution in [1.29, 1.82) is 0 Å². The second-order valence-electron chi connectivity index (χ2n) is 8.37. The Morgan fingerprint density at radius 1 is 1.09 bits per heavy atom. The zero-order valence-corrected chi connectivity index (χ0v) is 18.7. The molecule has 2 amide bonds. The predicted octanol–water partition coefficient (Wildman–Crippen LogP) is 3.04. The third-order valence-corrected chi connectivity index (χ3v) is 6.19. The van der Waals surface area contributed by atoms with Crippen molar-refractivity contribution in [2.45, 2.75) is 19.3 Å². The van der Waals surface area contributed by atoms with Gasteiger partial charge in [-0.25, -0.2) is 0 Å². The van der Waals surface area contributed by atoms with Crippen LogP contribution in [0.25, 0.3) is 10.9 Å². The van der Waals surface area contributed by atoms with Gasteiger partial charge in [-0.3, -0.25) is 14.3 Å². The van der Waals surface area contributed by atoms with E-state index in [0.717, 1.165) is 43.3 Å². The highest BCUT2D eigenvalue weighted by atomic mass is 16.5. The Morgan fingerprint density at radius 2 is 1.81 bits per heavy atom. The van der Waals surface area contributed by atoms with Crippen molar-refractivity contribution in [2.24, 2.45) is 13.0 Å². The molecule has 0 radical (unpaired) electrons. The van der Waals surface area contributed by atoms with Gasteiger partial charge in [-0.15, -0.1) is 0 Å². The molecule has 1 N–H and O–H groups in total. The Bertz CT molecular complexity index is 1080. The highest BCUT2D eigenvalue weighted by Gasteiger charge is 2.26. The van der Waals surface area contributed by atoms with Crippen molar-refractivity contribution in [1.82, 2.24) is 20.0 Å². The van der Waals surface area contributed by atoms with Gasteiger partial charge in [0.05, 0.1) is 12.1 Å². The zero-order chi connectivity index (χ0) is 22.5. The fraction of sp³-hybridized carbons (Fsp3) is 0.400. The number of aryl methyl sites for hydroxylation is 1. The normalized spacial score (nSPS) is 14.6. The molecular formula is C25H30N4O3. The van der Waals surface area contributed by atoms with Gasteiger partial charge in [0.1, 0.15) is 0 Å². The fourth-order valence-corrected chi connectivity index (χ4v) is 4.36. The van der Waals surface area contributed by atoms with Crippen molar-refractivity contribution in [3.05, 3.63) is 65.4 Å². The number of aromatic nitrogens is 2. The molecule has 1 aliphatic rings. The van der Waals surface area contributed by atoms with Crippen LogP contribution in [0.15, 0.2) is 48.5 Å². The molecule has 0 saturated carbocycles. The van der Waals surface area contributed by atoms with Crippen LogP contribution in [-0.4, -0.2) is 59.8 Å². The number of ether oxygens (including phenoxy) is 1. The summed E-state index contributed by atoms with van der Waals surface area (Å²) < 4.78 is 6.73. The highest BCUT2D eigenvalue weighted by Crippen LogP contribution is 2.25. The maximum Gasteiger partial charge on any atom is 0.275 e. The van der Waals surface area contributed by atoms with Crippen LogP contribution in [-0.2, 0) is 18.2 Å². The maximum absolute atomic E-state index is 13.1. The van der Waals surface area contributed by atoms with Crippen molar-refractivity contribution in [3.63, 3.8) is 0 Å². The number of carbonyl (C=O) groups excluding carboxylic acids is 2. The number of amides is 2. The molecule has 0 bridgehead atoms. The molecule has 1 saturated heterocycles. The Kier molecular flexibility index (Phi) is 6.85. The van der Waals surface area contributed by atoms with E-state index in [4.69, 9.17) is 4.74 Å². The summed E-state index contributed by atoms with van der Waals surface area (Å²) in [5.74, 6) is 0.465. The van der Waals surface area contributed by atoms with Crippen LogP contribution in [0.5, 0.6) is 0 Å². The van der Waals surface area contributed by atoms with E-state index in [2.05, 4.69) is 10.4 Å². The first kappa shape index (κ1) is 22.0. The largest absolute Gasteiger partial charge is 0.383 e. The Balaban J connectivity index is 1.31. The minimum Gasteiger partial charge on any atom is -0.383 e. The van der Waals surface area contributed by atoms with Crippen LogP contribution < -0.4 is 5.32 Å². The molecule has 1 fully saturated rings. The van der Waals surface area contributed by atoms with Crippen LogP contribution in [0.1, 0.15) is 39.3 Å². The second-order valence-corrected chi connectivity index (χ2v) is 8.37. The summed E-state index contributed by atoms with van der Waals surface area (Å²) in [6.45, 7) is 2.49. The van der Waals surface area contributed by atoms with Gasteiger partial charge in [-0.2, -0.15) is 5.10 Å². The highest BCUT2D eigenvalue weighted by molar-refractivity contribution is 6.04. The summed E-state index contributed by atoms with van der Waals surface area (Å²) in [5.41, 5.74) is 3.40. The van der Waals surface area contributed by atoms with Crippen LogP contribution in [0.2, 0.25) is 0 Å². The number of rotatable bonds is 7. The predicted molar refractivity (Wildman–Crippen MR) is 124 cm³/mol. The van der Waals surface area contributed by atoms with Gasteiger partial charge >= 0.3 is 0 Å². The summed E-state index contributed by atoms with van der Waals surface area (Å²) in [7, 11) is 3.49. The lowest BCUT2D eigenvalue weighted by Gasteiger charge is -2.31. The van der Waals surface area contributed by atoms with Crippen molar-refractivity contribution in [2.75, 3.05) is 33.4 Å². The molecule has 168 valence electrons. The summed E-state index contributed by atoms with van der Waals surface area (Å²) in [4.78, 5) is 27.1. The SMILES string of the molecule is COCCNC(=O)c1ccc(CC2CCN(C(=O)c3nn(C)c4ccccc34)CC2)cc1. The fourth-order valence-electron chi connectivity index (χ4n) is 4.36. The average Bonchev–Trinajstić information content (AvgIpc) is 3.16. The van der Waals surface area contributed by atoms with Crippen LogP contribution >= 0.6 is 0 Å². The molecule has 32 heavy (non-hydrogen) atoms. The van der Waals surface area contributed by atoms with Gasteiger partial charge in [0.15, 0.2) is 5.69 Å². The molecule has 0 unspecified atom stereocenters. The molecule has 4 rings (SSSR count). The minimum absolute atomic E-state index is 0.0177. The Morgan fingerprint density at radius 3 is 2.53 bits per heavy atom. The number of methoxy groups -OCH3 is 1. The van der Waals surface area contributed by atoms with E-state index < -0.39 is 0 Å². The number of nitrogens with one attached hydrogen (secondary N) is 1. The van der Waals surface area contributed by atoms with Gasteiger partial charge in [-0.05, 0) is 48.9 Å². The van der Waals surface area contributed by atoms with E-state index in [1.54, 1.807) is 11.8 Å². The Hall–Kier alpha value is -3.19. The number of likely N-dealkylation sites (tertiary alicyclic amines) is 1. The molecule has 7 nitrogen and oxygen atoms in total. The third-order valence-electron chi connectivity index (χ3n) is 6.19. The zero-order valence-electron chi connectivity index (χ0n) is 18.7. The molecule has 1 aliphatic heterocycles. The molecule has 7 heteroatoms. The number of hydrogen-bond acceptors (Lipinski definition) is 4. The topological polar surface area (TPSA) is 76.5 Å². The van der Waals surface area contributed by atoms with Gasteiger partial charge in [0, 0.05) is 44.7 Å². The quantitative estimate of drug-likeness (QED) is 0.580. The molecule has 1 aromatic heterocycles. The van der Waals surface area contributed by atoms with Gasteiger partial charge < -0.3 is 15.0 Å². The van der Waals surface area contributed by atoms with E-state index in [9.17, 15) is 9.59 Å². The summed E-state index contributed by atoms with van der Waals surface area (Å²) in [5, 5.41) is 8.23. The first-order valence-electron chi connectivity index (χ1n) is 11.1. The molecule has 0 atom stereocenters. The first-order valence-corrected chi connectivity index (χ1v) is 11.1.